The summed E-state index contributed by atoms with van der Waals surface area (Å²) in [5.74, 6) is -0.0423. The van der Waals surface area contributed by atoms with Gasteiger partial charge in [0.2, 0.25) is 5.91 Å². The third kappa shape index (κ3) is 67.5. The molecule has 0 rings (SSSR count). The van der Waals surface area contributed by atoms with Crippen molar-refractivity contribution in [2.75, 3.05) is 13.2 Å². The van der Waals surface area contributed by atoms with Crippen LogP contribution in [0.5, 0.6) is 0 Å². The summed E-state index contributed by atoms with van der Waals surface area (Å²) in [5, 5.41) is 23.3. The first-order chi connectivity index (χ1) is 40.5. The quantitative estimate of drug-likeness (QED) is 0.0320. The second-order valence-corrected chi connectivity index (χ2v) is 26.0. The van der Waals surface area contributed by atoms with E-state index in [1.54, 1.807) is 6.08 Å². The van der Waals surface area contributed by atoms with Gasteiger partial charge in [-0.2, -0.15) is 0 Å². The monoisotopic (exact) mass is 1150 g/mol. The molecule has 82 heavy (non-hydrogen) atoms. The molecule has 2 unspecified atom stereocenters. The summed E-state index contributed by atoms with van der Waals surface area (Å²) in [6.45, 7) is 4.95. The number of esters is 1. The zero-order valence-electron chi connectivity index (χ0n) is 55.8. The Hall–Kier alpha value is -1.66. The maximum atomic E-state index is 12.5. The zero-order chi connectivity index (χ0) is 59.2. The van der Waals surface area contributed by atoms with Crippen molar-refractivity contribution in [1.29, 1.82) is 0 Å². The highest BCUT2D eigenvalue weighted by Crippen LogP contribution is 2.19. The Kier molecular flexibility index (Phi) is 70.4. The first-order valence-electron chi connectivity index (χ1n) is 37.6. The van der Waals surface area contributed by atoms with E-state index in [0.717, 1.165) is 38.5 Å². The van der Waals surface area contributed by atoms with Crippen molar-refractivity contribution in [3.63, 3.8) is 0 Å². The van der Waals surface area contributed by atoms with E-state index in [9.17, 15) is 19.8 Å². The van der Waals surface area contributed by atoms with Crippen molar-refractivity contribution in [2.45, 2.75) is 437 Å². The molecule has 0 spiro atoms. The summed E-state index contributed by atoms with van der Waals surface area (Å²) in [6, 6.07) is -0.627. The predicted molar refractivity (Wildman–Crippen MR) is 361 cm³/mol. The number of unbranched alkanes of at least 4 members (excludes halogenated alkanes) is 58. The van der Waals surface area contributed by atoms with Crippen LogP contribution < -0.4 is 5.32 Å². The van der Waals surface area contributed by atoms with Gasteiger partial charge in [-0.1, -0.05) is 378 Å². The van der Waals surface area contributed by atoms with Crippen molar-refractivity contribution >= 4 is 11.9 Å². The van der Waals surface area contributed by atoms with E-state index in [2.05, 4.69) is 31.3 Å². The third-order valence-corrected chi connectivity index (χ3v) is 17.7. The number of allylic oxidation sites excluding steroid dienone is 3. The molecule has 3 N–H and O–H groups in total. The average molecular weight is 1160 g/mol. The van der Waals surface area contributed by atoms with Gasteiger partial charge in [-0.15, -0.1) is 0 Å². The van der Waals surface area contributed by atoms with Crippen LogP contribution in [0.4, 0.5) is 0 Å². The molecule has 0 saturated carbocycles. The number of ether oxygens (including phenoxy) is 1. The summed E-state index contributed by atoms with van der Waals surface area (Å²) < 4.78 is 5.48. The molecule has 0 bridgehead atoms. The largest absolute Gasteiger partial charge is 0.466 e. The Morgan fingerprint density at radius 1 is 0.329 bits per heavy atom. The molecule has 0 radical (unpaired) electrons. The van der Waals surface area contributed by atoms with Crippen molar-refractivity contribution in [3.8, 4) is 0 Å². The number of carbonyl (C=O) groups is 2. The Bertz CT molecular complexity index is 1280. The summed E-state index contributed by atoms with van der Waals surface area (Å²) in [7, 11) is 0. The maximum Gasteiger partial charge on any atom is 0.305 e. The molecule has 6 nitrogen and oxygen atoms in total. The number of carbonyl (C=O) groups excluding carboxylic acids is 2. The SMILES string of the molecule is CCCCCCCCCCCCCCCCCCCCCC/C=C/C(O)C(CO)NC(=O)CCCCCCCCCCCCCCCCCC/C=C\CCCCCCCCCCCCCCOC(=O)CCCCCCCCCCCCC. The van der Waals surface area contributed by atoms with Gasteiger partial charge in [0.25, 0.3) is 0 Å². The minimum Gasteiger partial charge on any atom is -0.466 e. The van der Waals surface area contributed by atoms with E-state index in [4.69, 9.17) is 4.74 Å². The minimum atomic E-state index is -0.844. The molecule has 0 aromatic carbocycles. The van der Waals surface area contributed by atoms with Crippen LogP contribution in [0, 0.1) is 0 Å². The number of amides is 1. The van der Waals surface area contributed by atoms with Crippen LogP contribution in [-0.4, -0.2) is 47.4 Å². The lowest BCUT2D eigenvalue weighted by Crippen LogP contribution is -2.45. The van der Waals surface area contributed by atoms with Gasteiger partial charge in [-0.3, -0.25) is 9.59 Å². The molecular weight excluding hydrogens is 1010 g/mol. The number of aliphatic hydroxyl groups is 2. The molecule has 0 aliphatic carbocycles. The smallest absolute Gasteiger partial charge is 0.305 e. The van der Waals surface area contributed by atoms with Crippen molar-refractivity contribution < 1.29 is 24.5 Å². The maximum absolute atomic E-state index is 12.5. The second-order valence-electron chi connectivity index (χ2n) is 26.0. The number of hydrogen-bond donors (Lipinski definition) is 3. The molecule has 0 fully saturated rings. The summed E-state index contributed by atoms with van der Waals surface area (Å²) in [4.78, 5) is 24.6. The molecule has 2 atom stereocenters. The van der Waals surface area contributed by atoms with Crippen LogP contribution >= 0.6 is 0 Å². The zero-order valence-corrected chi connectivity index (χ0v) is 55.8. The van der Waals surface area contributed by atoms with Gasteiger partial charge in [0.1, 0.15) is 0 Å². The average Bonchev–Trinajstić information content (AvgIpc) is 3.48. The first-order valence-corrected chi connectivity index (χ1v) is 37.6. The minimum absolute atomic E-state index is 0.0184. The van der Waals surface area contributed by atoms with Crippen molar-refractivity contribution in [1.82, 2.24) is 5.32 Å². The lowest BCUT2D eigenvalue weighted by atomic mass is 10.0. The second kappa shape index (κ2) is 71.8. The third-order valence-electron chi connectivity index (χ3n) is 17.7. The topological polar surface area (TPSA) is 95.9 Å². The fraction of sp³-hybridized carbons (Fsp3) is 0.921. The van der Waals surface area contributed by atoms with E-state index in [1.807, 2.05) is 6.08 Å². The Labute approximate surface area is 513 Å². The van der Waals surface area contributed by atoms with Crippen LogP contribution in [0.15, 0.2) is 24.3 Å². The van der Waals surface area contributed by atoms with Crippen LogP contribution in [0.1, 0.15) is 425 Å². The standard InChI is InChI=1S/C76H147NO5/c1-3-5-7-9-11-13-15-16-17-18-19-20-33-36-39-42-45-49-52-56-60-64-68-74(79)73(72-78)77-75(80)69-65-61-57-53-50-46-43-40-37-34-31-29-27-25-23-21-22-24-26-28-30-32-35-38-41-44-47-51-55-59-63-67-71-82-76(81)70-66-62-58-54-48-14-12-10-8-6-4-2/h24,26,64,68,73-74,78-79H,3-23,25,27-63,65-67,69-72H2,1-2H3,(H,77,80)/b26-24-,68-64+. The molecule has 1 amide bonds. The van der Waals surface area contributed by atoms with Crippen LogP contribution in [0.3, 0.4) is 0 Å². The fourth-order valence-electron chi connectivity index (χ4n) is 12.0. The molecule has 0 aromatic rings. The fourth-order valence-corrected chi connectivity index (χ4v) is 12.0. The molecule has 0 saturated heterocycles. The van der Waals surface area contributed by atoms with Crippen LogP contribution in [0.25, 0.3) is 0 Å². The van der Waals surface area contributed by atoms with Gasteiger partial charge in [0, 0.05) is 12.8 Å². The Morgan fingerprint density at radius 3 is 0.866 bits per heavy atom. The molecule has 0 heterocycles. The molecule has 6 heteroatoms. The van der Waals surface area contributed by atoms with Gasteiger partial charge in [0.15, 0.2) is 0 Å². The van der Waals surface area contributed by atoms with Crippen LogP contribution in [0.2, 0.25) is 0 Å². The van der Waals surface area contributed by atoms with Crippen molar-refractivity contribution in [2.24, 2.45) is 0 Å². The molecule has 0 aliphatic heterocycles. The molecule has 0 aromatic heterocycles. The van der Waals surface area contributed by atoms with Crippen LogP contribution in [-0.2, 0) is 14.3 Å². The molecule has 0 aliphatic rings. The number of hydrogen-bond acceptors (Lipinski definition) is 5. The lowest BCUT2D eigenvalue weighted by molar-refractivity contribution is -0.143. The summed E-state index contributed by atoms with van der Waals surface area (Å²) in [6.07, 6.45) is 91.4. The molecular formula is C76H147NO5. The van der Waals surface area contributed by atoms with Gasteiger partial charge in [0.05, 0.1) is 25.4 Å². The summed E-state index contributed by atoms with van der Waals surface area (Å²) in [5.41, 5.74) is 0. The first kappa shape index (κ1) is 80.3. The van der Waals surface area contributed by atoms with E-state index >= 15 is 0 Å². The van der Waals surface area contributed by atoms with E-state index in [-0.39, 0.29) is 18.5 Å². The van der Waals surface area contributed by atoms with Gasteiger partial charge in [-0.25, -0.2) is 0 Å². The number of rotatable bonds is 71. The van der Waals surface area contributed by atoms with Gasteiger partial charge >= 0.3 is 5.97 Å². The highest BCUT2D eigenvalue weighted by molar-refractivity contribution is 5.76. The number of aliphatic hydroxyl groups excluding tert-OH is 2. The molecule has 486 valence electrons. The Balaban J connectivity index is 3.38. The highest BCUT2D eigenvalue weighted by atomic mass is 16.5. The summed E-state index contributed by atoms with van der Waals surface area (Å²) >= 11 is 0. The number of nitrogens with one attached hydrogen (secondary N) is 1. The lowest BCUT2D eigenvalue weighted by Gasteiger charge is -2.20. The van der Waals surface area contributed by atoms with E-state index in [0.29, 0.717) is 19.4 Å². The van der Waals surface area contributed by atoms with Gasteiger partial charge in [-0.05, 0) is 57.8 Å². The van der Waals surface area contributed by atoms with Crippen molar-refractivity contribution in [3.05, 3.63) is 24.3 Å². The van der Waals surface area contributed by atoms with Gasteiger partial charge < -0.3 is 20.3 Å². The van der Waals surface area contributed by atoms with E-state index < -0.39 is 12.1 Å². The normalized spacial score (nSPS) is 12.6. The van der Waals surface area contributed by atoms with E-state index in [1.165, 1.54) is 360 Å². The highest BCUT2D eigenvalue weighted by Gasteiger charge is 2.18. The predicted octanol–water partition coefficient (Wildman–Crippen LogP) is 24.5. The Morgan fingerprint density at radius 2 is 0.573 bits per heavy atom.